The van der Waals surface area contributed by atoms with Crippen LogP contribution >= 0.6 is 0 Å². The number of aromatic amines is 1. The van der Waals surface area contributed by atoms with Gasteiger partial charge in [-0.3, -0.25) is 4.68 Å². The number of benzene rings is 5. The second-order valence-corrected chi connectivity index (χ2v) is 12.6. The third kappa shape index (κ3) is 5.39. The predicted molar refractivity (Wildman–Crippen MR) is 196 cm³/mol. The number of tetrazole rings is 1. The third-order valence-corrected chi connectivity index (χ3v) is 9.49. The molecule has 0 fully saturated rings. The van der Waals surface area contributed by atoms with Crippen LogP contribution in [0.25, 0.3) is 28.2 Å². The third-order valence-electron chi connectivity index (χ3n) is 9.49. The number of aryl methyl sites for hydroxylation is 2. The summed E-state index contributed by atoms with van der Waals surface area (Å²) in [6, 6.07) is 49.0. The number of aromatic nitrogens is 8. The molecule has 8 nitrogen and oxygen atoms in total. The molecular formula is C42H39N8+. The molecule has 50 heavy (non-hydrogen) atoms. The lowest BCUT2D eigenvalue weighted by Gasteiger charge is -2.33. The molecule has 5 aromatic carbocycles. The monoisotopic (exact) mass is 655 g/mol. The van der Waals surface area contributed by atoms with Gasteiger partial charge in [0, 0.05) is 34.9 Å². The second kappa shape index (κ2) is 13.4. The van der Waals surface area contributed by atoms with Gasteiger partial charge in [-0.1, -0.05) is 159 Å². The van der Waals surface area contributed by atoms with E-state index in [0.29, 0.717) is 6.54 Å². The summed E-state index contributed by atoms with van der Waals surface area (Å²) in [5.74, 6) is 1.61. The van der Waals surface area contributed by atoms with Crippen LogP contribution in [0.4, 0.5) is 0 Å². The largest absolute Gasteiger partial charge is 0.334 e. The minimum Gasteiger partial charge on any atom is -0.266 e. The lowest BCUT2D eigenvalue weighted by atomic mass is 9.77. The fraction of sp³-hybridized carbons (Fsp3) is 0.167. The Morgan fingerprint density at radius 2 is 1.26 bits per heavy atom. The topological polar surface area (TPSA) is 80.6 Å². The molecule has 3 heterocycles. The molecular weight excluding hydrogens is 617 g/mol. The normalized spacial score (nSPS) is 11.7. The molecule has 0 amide bonds. The SMILES string of the molecule is CCCc1cn(Cc2ccc(-c3ccccc3-c3nn[nH][n+]3C(c3ccccc3)(c3ccccc3)c3ccccc3)cc2)n2nc(CC)nc12. The van der Waals surface area contributed by atoms with E-state index in [-0.39, 0.29) is 0 Å². The lowest BCUT2D eigenvalue weighted by molar-refractivity contribution is -0.779. The van der Waals surface area contributed by atoms with E-state index in [1.54, 1.807) is 0 Å². The summed E-state index contributed by atoms with van der Waals surface area (Å²) in [4.78, 5) is 4.80. The molecule has 8 rings (SSSR count). The first-order valence-electron chi connectivity index (χ1n) is 17.3. The van der Waals surface area contributed by atoms with Crippen molar-refractivity contribution in [2.75, 3.05) is 0 Å². The summed E-state index contributed by atoms with van der Waals surface area (Å²) < 4.78 is 6.26. The van der Waals surface area contributed by atoms with Crippen LogP contribution in [0.15, 0.2) is 146 Å². The van der Waals surface area contributed by atoms with Gasteiger partial charge in [0.25, 0.3) is 0 Å². The van der Waals surface area contributed by atoms with Gasteiger partial charge in [-0.25, -0.2) is 4.98 Å². The first-order chi connectivity index (χ1) is 24.7. The highest BCUT2D eigenvalue weighted by Gasteiger charge is 2.46. The fourth-order valence-electron chi connectivity index (χ4n) is 7.17. The molecule has 0 radical (unpaired) electrons. The number of hydrogen-bond acceptors (Lipinski definition) is 4. The van der Waals surface area contributed by atoms with E-state index >= 15 is 0 Å². The molecule has 246 valence electrons. The Bertz CT molecular complexity index is 2240. The number of H-pyrrole nitrogens is 1. The molecule has 1 N–H and O–H groups in total. The quantitative estimate of drug-likeness (QED) is 0.115. The van der Waals surface area contributed by atoms with Gasteiger partial charge in [0.2, 0.25) is 0 Å². The molecule has 0 saturated carbocycles. The molecule has 0 aliphatic heterocycles. The maximum absolute atomic E-state index is 4.80. The predicted octanol–water partition coefficient (Wildman–Crippen LogP) is 7.67. The Hall–Kier alpha value is -6.15. The Balaban J connectivity index is 1.22. The van der Waals surface area contributed by atoms with Crippen molar-refractivity contribution in [3.8, 4) is 22.5 Å². The number of nitrogens with one attached hydrogen (secondary N) is 1. The first-order valence-corrected chi connectivity index (χ1v) is 17.3. The first kappa shape index (κ1) is 31.1. The van der Waals surface area contributed by atoms with Crippen LogP contribution in [-0.4, -0.2) is 34.9 Å². The minimum atomic E-state index is -0.780. The van der Waals surface area contributed by atoms with Gasteiger partial charge in [0.05, 0.1) is 12.1 Å². The summed E-state index contributed by atoms with van der Waals surface area (Å²) in [6.45, 7) is 5.00. The fourth-order valence-corrected chi connectivity index (χ4v) is 7.17. The van der Waals surface area contributed by atoms with Crippen LogP contribution in [0.2, 0.25) is 0 Å². The van der Waals surface area contributed by atoms with E-state index in [1.165, 1.54) is 11.1 Å². The highest BCUT2D eigenvalue weighted by atomic mass is 15.6. The van der Waals surface area contributed by atoms with Crippen LogP contribution in [-0.2, 0) is 24.9 Å². The summed E-state index contributed by atoms with van der Waals surface area (Å²) in [5.41, 5.74) is 9.04. The Labute approximate surface area is 291 Å². The van der Waals surface area contributed by atoms with Crippen molar-refractivity contribution in [3.63, 3.8) is 0 Å². The standard InChI is InChI=1S/C42H38N8/c1-3-16-33-30-48(50-40(33)43-39(4-2)45-50)29-31-25-27-32(28-26-31)37-23-14-15-24-38(37)41-44-46-47-49(41)42(34-17-8-5-9-18-34,35-19-10-6-11-20-35)36-21-12-7-13-22-36/h5-15,17-28,30H,3-4,16,29H2,1-2H3/p+1. The summed E-state index contributed by atoms with van der Waals surface area (Å²) in [7, 11) is 0. The molecule has 8 aromatic rings. The lowest BCUT2D eigenvalue weighted by Crippen LogP contribution is -2.61. The summed E-state index contributed by atoms with van der Waals surface area (Å²) in [5, 5.41) is 17.3. The zero-order valence-electron chi connectivity index (χ0n) is 28.3. The molecule has 0 aliphatic carbocycles. The van der Waals surface area contributed by atoms with E-state index in [4.69, 9.17) is 15.2 Å². The molecule has 3 aromatic heterocycles. The minimum absolute atomic E-state index is 0.700. The average Bonchev–Trinajstić information content (AvgIpc) is 3.91. The molecule has 0 saturated heterocycles. The number of nitrogens with zero attached hydrogens (tertiary/aromatic N) is 7. The van der Waals surface area contributed by atoms with Gasteiger partial charge in [-0.15, -0.1) is 9.78 Å². The van der Waals surface area contributed by atoms with E-state index in [9.17, 15) is 0 Å². The van der Waals surface area contributed by atoms with Crippen molar-refractivity contribution in [2.45, 2.75) is 45.2 Å². The smallest absolute Gasteiger partial charge is 0.266 e. The van der Waals surface area contributed by atoms with Crippen LogP contribution in [0.3, 0.4) is 0 Å². The van der Waals surface area contributed by atoms with Gasteiger partial charge in [0.1, 0.15) is 5.10 Å². The van der Waals surface area contributed by atoms with Crippen molar-refractivity contribution in [3.05, 3.63) is 179 Å². The van der Waals surface area contributed by atoms with E-state index < -0.39 is 5.54 Å². The average molecular weight is 656 g/mol. The van der Waals surface area contributed by atoms with Gasteiger partial charge >= 0.3 is 5.82 Å². The maximum atomic E-state index is 4.80. The molecule has 0 bridgehead atoms. The van der Waals surface area contributed by atoms with Crippen molar-refractivity contribution < 1.29 is 4.68 Å². The zero-order valence-corrected chi connectivity index (χ0v) is 28.3. The molecule has 0 atom stereocenters. The van der Waals surface area contributed by atoms with Crippen molar-refractivity contribution in [1.82, 2.24) is 34.9 Å². The van der Waals surface area contributed by atoms with E-state index in [1.807, 2.05) is 4.63 Å². The molecule has 0 unspecified atom stereocenters. The van der Waals surface area contributed by atoms with Gasteiger partial charge in [0.15, 0.2) is 22.2 Å². The Kier molecular flexibility index (Phi) is 8.34. The van der Waals surface area contributed by atoms with Crippen LogP contribution < -0.4 is 4.68 Å². The number of hydrogen-bond donors (Lipinski definition) is 1. The second-order valence-electron chi connectivity index (χ2n) is 12.6. The number of rotatable bonds is 11. The van der Waals surface area contributed by atoms with Gasteiger partial charge in [-0.2, -0.15) is 4.63 Å². The summed E-state index contributed by atoms with van der Waals surface area (Å²) >= 11 is 0. The number of fused-ring (bicyclic) bond motifs is 1. The molecule has 8 heteroatoms. The maximum Gasteiger partial charge on any atom is 0.334 e. The van der Waals surface area contributed by atoms with Crippen LogP contribution in [0, 0.1) is 0 Å². The highest BCUT2D eigenvalue weighted by Crippen LogP contribution is 2.38. The Morgan fingerprint density at radius 3 is 1.84 bits per heavy atom. The van der Waals surface area contributed by atoms with E-state index in [2.05, 4.69) is 179 Å². The summed E-state index contributed by atoms with van der Waals surface area (Å²) in [6.07, 6.45) is 5.06. The van der Waals surface area contributed by atoms with Crippen molar-refractivity contribution in [2.24, 2.45) is 0 Å². The van der Waals surface area contributed by atoms with Gasteiger partial charge < -0.3 is 0 Å². The zero-order chi connectivity index (χ0) is 33.9. The van der Waals surface area contributed by atoms with Crippen LogP contribution in [0.5, 0.6) is 0 Å². The van der Waals surface area contributed by atoms with Gasteiger partial charge in [-0.05, 0) is 29.2 Å². The highest BCUT2D eigenvalue weighted by molar-refractivity contribution is 5.79. The van der Waals surface area contributed by atoms with Crippen molar-refractivity contribution in [1.29, 1.82) is 0 Å². The molecule has 0 aliphatic rings. The Morgan fingerprint density at radius 1 is 0.680 bits per heavy atom. The molecule has 0 spiro atoms. The van der Waals surface area contributed by atoms with E-state index in [0.717, 1.165) is 69.9 Å². The van der Waals surface area contributed by atoms with Crippen molar-refractivity contribution >= 4 is 5.65 Å². The van der Waals surface area contributed by atoms with Crippen LogP contribution in [0.1, 0.15) is 53.9 Å².